The fourth-order valence-corrected chi connectivity index (χ4v) is 2.21. The first-order valence-electron chi connectivity index (χ1n) is 8.09. The van der Waals surface area contributed by atoms with Gasteiger partial charge in [0, 0.05) is 25.7 Å². The zero-order chi connectivity index (χ0) is 15.9. The van der Waals surface area contributed by atoms with Gasteiger partial charge in [-0.25, -0.2) is 4.79 Å². The summed E-state index contributed by atoms with van der Waals surface area (Å²) in [6.07, 6.45) is 4.03. The van der Waals surface area contributed by atoms with Crippen LogP contribution in [0, 0.1) is 0 Å². The van der Waals surface area contributed by atoms with Crippen LogP contribution in [-0.2, 0) is 9.47 Å². The molecule has 0 radical (unpaired) electrons. The van der Waals surface area contributed by atoms with Crippen molar-refractivity contribution in [2.45, 2.75) is 71.1 Å². The Morgan fingerprint density at radius 1 is 1.38 bits per heavy atom. The molecule has 5 heteroatoms. The second-order valence-electron chi connectivity index (χ2n) is 6.77. The SMILES string of the molecule is CCC(COC)NCCCN(C(=O)OC(C)(C)C)C1CC1. The zero-order valence-electron chi connectivity index (χ0n) is 14.3. The number of nitrogens with one attached hydrogen (secondary N) is 1. The molecule has 0 saturated heterocycles. The van der Waals surface area contributed by atoms with E-state index in [0.29, 0.717) is 12.1 Å². The predicted molar refractivity (Wildman–Crippen MR) is 84.5 cm³/mol. The quantitative estimate of drug-likeness (QED) is 0.665. The van der Waals surface area contributed by atoms with Crippen LogP contribution in [0.25, 0.3) is 0 Å². The van der Waals surface area contributed by atoms with Gasteiger partial charge < -0.3 is 19.7 Å². The summed E-state index contributed by atoms with van der Waals surface area (Å²) in [7, 11) is 1.72. The summed E-state index contributed by atoms with van der Waals surface area (Å²) in [4.78, 5) is 14.1. The normalized spacial score (nSPS) is 16.6. The molecule has 1 saturated carbocycles. The highest BCUT2D eigenvalue weighted by Crippen LogP contribution is 2.28. The minimum absolute atomic E-state index is 0.172. The Kier molecular flexibility index (Phi) is 7.46. The van der Waals surface area contributed by atoms with Crippen molar-refractivity contribution in [3.05, 3.63) is 0 Å². The van der Waals surface area contributed by atoms with Crippen LogP contribution in [0.2, 0.25) is 0 Å². The summed E-state index contributed by atoms with van der Waals surface area (Å²) >= 11 is 0. The van der Waals surface area contributed by atoms with E-state index in [1.54, 1.807) is 7.11 Å². The number of hydrogen-bond acceptors (Lipinski definition) is 4. The second-order valence-corrected chi connectivity index (χ2v) is 6.77. The number of nitrogens with zero attached hydrogens (tertiary/aromatic N) is 1. The molecule has 1 unspecified atom stereocenters. The molecular weight excluding hydrogens is 268 g/mol. The van der Waals surface area contributed by atoms with Gasteiger partial charge in [-0.05, 0) is 53.0 Å². The number of ether oxygens (including phenoxy) is 2. The Bertz CT molecular complexity index is 311. The molecule has 0 aliphatic heterocycles. The van der Waals surface area contributed by atoms with Gasteiger partial charge in [0.25, 0.3) is 0 Å². The maximum Gasteiger partial charge on any atom is 0.410 e. The number of amides is 1. The largest absolute Gasteiger partial charge is 0.444 e. The first-order chi connectivity index (χ1) is 9.87. The van der Waals surface area contributed by atoms with Crippen molar-refractivity contribution >= 4 is 6.09 Å². The van der Waals surface area contributed by atoms with Crippen molar-refractivity contribution in [3.8, 4) is 0 Å². The van der Waals surface area contributed by atoms with Gasteiger partial charge in [-0.15, -0.1) is 0 Å². The van der Waals surface area contributed by atoms with Gasteiger partial charge >= 0.3 is 6.09 Å². The smallest absolute Gasteiger partial charge is 0.410 e. The molecule has 21 heavy (non-hydrogen) atoms. The Balaban J connectivity index is 2.30. The van der Waals surface area contributed by atoms with Crippen molar-refractivity contribution in [2.75, 3.05) is 26.8 Å². The van der Waals surface area contributed by atoms with Crippen LogP contribution >= 0.6 is 0 Å². The lowest BCUT2D eigenvalue weighted by Crippen LogP contribution is -2.40. The van der Waals surface area contributed by atoms with Crippen LogP contribution in [0.15, 0.2) is 0 Å². The average molecular weight is 300 g/mol. The van der Waals surface area contributed by atoms with E-state index in [1.165, 1.54) is 0 Å². The van der Waals surface area contributed by atoms with E-state index < -0.39 is 5.60 Å². The molecule has 5 nitrogen and oxygen atoms in total. The Hall–Kier alpha value is -0.810. The summed E-state index contributed by atoms with van der Waals surface area (Å²) in [6.45, 7) is 10.3. The van der Waals surface area contributed by atoms with E-state index in [4.69, 9.17) is 9.47 Å². The van der Waals surface area contributed by atoms with Crippen LogP contribution < -0.4 is 5.32 Å². The summed E-state index contributed by atoms with van der Waals surface area (Å²) in [5, 5.41) is 3.47. The van der Waals surface area contributed by atoms with Crippen molar-refractivity contribution in [2.24, 2.45) is 0 Å². The summed E-state index contributed by atoms with van der Waals surface area (Å²) < 4.78 is 10.7. The topological polar surface area (TPSA) is 50.8 Å². The molecule has 0 aromatic carbocycles. The first-order valence-corrected chi connectivity index (χ1v) is 8.09. The molecule has 1 N–H and O–H groups in total. The number of rotatable bonds is 9. The predicted octanol–water partition coefficient (Wildman–Crippen LogP) is 2.79. The summed E-state index contributed by atoms with van der Waals surface area (Å²) in [6, 6.07) is 0.784. The average Bonchev–Trinajstić information content (AvgIpc) is 3.19. The van der Waals surface area contributed by atoms with E-state index in [9.17, 15) is 4.79 Å². The molecule has 0 spiro atoms. The maximum absolute atomic E-state index is 12.2. The van der Waals surface area contributed by atoms with E-state index in [0.717, 1.165) is 45.4 Å². The molecule has 0 aromatic heterocycles. The lowest BCUT2D eigenvalue weighted by molar-refractivity contribution is 0.0231. The Morgan fingerprint density at radius 3 is 2.52 bits per heavy atom. The summed E-state index contributed by atoms with van der Waals surface area (Å²) in [5.74, 6) is 0. The number of methoxy groups -OCH3 is 1. The van der Waals surface area contributed by atoms with Crippen molar-refractivity contribution in [3.63, 3.8) is 0 Å². The Morgan fingerprint density at radius 2 is 2.05 bits per heavy atom. The molecule has 0 bridgehead atoms. The van der Waals surface area contributed by atoms with Crippen LogP contribution in [-0.4, -0.2) is 55.5 Å². The Labute approximate surface area is 129 Å². The first kappa shape index (κ1) is 18.2. The van der Waals surface area contributed by atoms with E-state index in [2.05, 4.69) is 12.2 Å². The molecule has 0 heterocycles. The molecule has 124 valence electrons. The molecule has 1 atom stereocenters. The number of hydrogen-bond donors (Lipinski definition) is 1. The molecule has 1 amide bonds. The van der Waals surface area contributed by atoms with Crippen LogP contribution in [0.1, 0.15) is 53.4 Å². The van der Waals surface area contributed by atoms with Crippen molar-refractivity contribution < 1.29 is 14.3 Å². The molecular formula is C16H32N2O3. The standard InChI is InChI=1S/C16H32N2O3/c1-6-13(12-20-5)17-10-7-11-18(14-8-9-14)15(19)21-16(2,3)4/h13-14,17H,6-12H2,1-5H3. The van der Waals surface area contributed by atoms with Gasteiger partial charge in [0.05, 0.1) is 6.61 Å². The van der Waals surface area contributed by atoms with E-state index in [-0.39, 0.29) is 6.09 Å². The van der Waals surface area contributed by atoms with Gasteiger partial charge in [-0.3, -0.25) is 0 Å². The van der Waals surface area contributed by atoms with Gasteiger partial charge in [-0.1, -0.05) is 6.92 Å². The third-order valence-electron chi connectivity index (χ3n) is 3.49. The van der Waals surface area contributed by atoms with Crippen LogP contribution in [0.4, 0.5) is 4.79 Å². The van der Waals surface area contributed by atoms with Crippen molar-refractivity contribution in [1.82, 2.24) is 10.2 Å². The van der Waals surface area contributed by atoms with Crippen molar-refractivity contribution in [1.29, 1.82) is 0 Å². The molecule has 1 aliphatic rings. The minimum atomic E-state index is -0.422. The third kappa shape index (κ3) is 7.67. The highest BCUT2D eigenvalue weighted by atomic mass is 16.6. The highest BCUT2D eigenvalue weighted by Gasteiger charge is 2.34. The second kappa shape index (κ2) is 8.59. The lowest BCUT2D eigenvalue weighted by atomic mass is 10.2. The monoisotopic (exact) mass is 300 g/mol. The molecule has 1 fully saturated rings. The number of carbonyl (C=O) groups is 1. The number of carbonyl (C=O) groups excluding carboxylic acids is 1. The van der Waals surface area contributed by atoms with Gasteiger partial charge in [0.1, 0.15) is 5.60 Å². The molecule has 1 aliphatic carbocycles. The van der Waals surface area contributed by atoms with Gasteiger partial charge in [0.2, 0.25) is 0 Å². The van der Waals surface area contributed by atoms with E-state index in [1.807, 2.05) is 25.7 Å². The zero-order valence-corrected chi connectivity index (χ0v) is 14.3. The molecule has 1 rings (SSSR count). The maximum atomic E-state index is 12.2. The van der Waals surface area contributed by atoms with Gasteiger partial charge in [-0.2, -0.15) is 0 Å². The third-order valence-corrected chi connectivity index (χ3v) is 3.49. The fourth-order valence-electron chi connectivity index (χ4n) is 2.21. The molecule has 0 aromatic rings. The van der Waals surface area contributed by atoms with E-state index >= 15 is 0 Å². The van der Waals surface area contributed by atoms with Crippen LogP contribution in [0.5, 0.6) is 0 Å². The lowest BCUT2D eigenvalue weighted by Gasteiger charge is -2.27. The highest BCUT2D eigenvalue weighted by molar-refractivity contribution is 5.69. The van der Waals surface area contributed by atoms with Gasteiger partial charge in [0.15, 0.2) is 0 Å². The minimum Gasteiger partial charge on any atom is -0.444 e. The van der Waals surface area contributed by atoms with Crippen LogP contribution in [0.3, 0.4) is 0 Å². The fraction of sp³-hybridized carbons (Fsp3) is 0.938. The summed E-state index contributed by atoms with van der Waals surface area (Å²) in [5.41, 5.74) is -0.422.